The van der Waals surface area contributed by atoms with Crippen molar-refractivity contribution in [2.24, 2.45) is 0 Å². The van der Waals surface area contributed by atoms with E-state index in [2.05, 4.69) is 13.8 Å². The molecule has 0 bridgehead atoms. The molecule has 0 aliphatic carbocycles. The van der Waals surface area contributed by atoms with E-state index >= 15 is 0 Å². The molecule has 0 radical (unpaired) electrons. The summed E-state index contributed by atoms with van der Waals surface area (Å²) in [5.41, 5.74) is 4.79. The highest BCUT2D eigenvalue weighted by molar-refractivity contribution is 5.94. The van der Waals surface area contributed by atoms with Crippen molar-refractivity contribution in [1.29, 1.82) is 0 Å². The third-order valence-electron chi connectivity index (χ3n) is 8.77. The molecule has 0 heterocycles. The van der Waals surface area contributed by atoms with Gasteiger partial charge in [-0.1, -0.05) is 75.2 Å². The molecule has 0 spiro atoms. The van der Waals surface area contributed by atoms with Gasteiger partial charge in [-0.05, 0) is 115 Å². The molecule has 0 aromatic heterocycles. The van der Waals surface area contributed by atoms with Gasteiger partial charge in [0.05, 0.1) is 18.2 Å². The SMILES string of the molecule is CCCc1ccc(C(=O)Oc2ccc(CCC(=O)Oc3ccc(OC(=O)CCc4ccc(OC(=O)c5ccc(CCC)cc5)cc4)c(C(=O)OC)c3)cc2)cc1. The number of carbonyl (C=O) groups is 5. The molecule has 0 atom stereocenters. The second-order valence-corrected chi connectivity index (χ2v) is 13.1. The van der Waals surface area contributed by atoms with E-state index in [1.807, 2.05) is 24.3 Å². The van der Waals surface area contributed by atoms with Crippen LogP contribution < -0.4 is 18.9 Å². The Balaban J connectivity index is 1.08. The minimum Gasteiger partial charge on any atom is -0.465 e. The zero-order valence-corrected chi connectivity index (χ0v) is 31.7. The van der Waals surface area contributed by atoms with E-state index in [1.165, 1.54) is 25.3 Å². The summed E-state index contributed by atoms with van der Waals surface area (Å²) in [5.74, 6) is -2.03. The quantitative estimate of drug-likeness (QED) is 0.0670. The van der Waals surface area contributed by atoms with Gasteiger partial charge in [0.25, 0.3) is 0 Å². The molecule has 0 aliphatic heterocycles. The number of esters is 5. The zero-order chi connectivity index (χ0) is 39.9. The van der Waals surface area contributed by atoms with Gasteiger partial charge in [0.2, 0.25) is 0 Å². The Hall–Kier alpha value is -6.55. The molecule has 0 saturated carbocycles. The lowest BCUT2D eigenvalue weighted by molar-refractivity contribution is -0.135. The predicted molar refractivity (Wildman–Crippen MR) is 209 cm³/mol. The van der Waals surface area contributed by atoms with Crippen LogP contribution in [0.4, 0.5) is 0 Å². The lowest BCUT2D eigenvalue weighted by Crippen LogP contribution is -2.14. The Bertz CT molecular complexity index is 2120. The topological polar surface area (TPSA) is 132 Å². The predicted octanol–water partition coefficient (Wildman–Crippen LogP) is 8.89. The van der Waals surface area contributed by atoms with Gasteiger partial charge in [0.1, 0.15) is 28.6 Å². The van der Waals surface area contributed by atoms with Gasteiger partial charge in [-0.3, -0.25) is 9.59 Å². The number of carbonyl (C=O) groups excluding carboxylic acids is 5. The fraction of sp³-hybridized carbons (Fsp3) is 0.239. The molecular formula is C46H44O10. The Morgan fingerprint density at radius 1 is 0.429 bits per heavy atom. The van der Waals surface area contributed by atoms with Crippen LogP contribution >= 0.6 is 0 Å². The van der Waals surface area contributed by atoms with Gasteiger partial charge in [-0.15, -0.1) is 0 Å². The molecule has 288 valence electrons. The summed E-state index contributed by atoms with van der Waals surface area (Å²) in [6.07, 6.45) is 4.65. The van der Waals surface area contributed by atoms with Gasteiger partial charge >= 0.3 is 29.8 Å². The van der Waals surface area contributed by atoms with Crippen LogP contribution in [-0.2, 0) is 40.0 Å². The van der Waals surface area contributed by atoms with Crippen LogP contribution in [0.2, 0.25) is 0 Å². The molecule has 0 saturated heterocycles. The molecule has 0 fully saturated rings. The average Bonchev–Trinajstić information content (AvgIpc) is 3.21. The van der Waals surface area contributed by atoms with Crippen LogP contribution in [0, 0.1) is 0 Å². The maximum atomic E-state index is 12.8. The van der Waals surface area contributed by atoms with Crippen molar-refractivity contribution >= 4 is 29.8 Å². The fourth-order valence-electron chi connectivity index (χ4n) is 5.75. The molecule has 10 heteroatoms. The number of methoxy groups -OCH3 is 1. The standard InChI is InChI=1S/C46H44O10/c1-4-6-31-8-18-35(19-9-31)44(49)54-37-22-12-33(13-23-37)16-28-42(47)53-39-26-27-41(40(30-39)46(51)52-3)56-43(48)29-17-34-14-24-38(25-15-34)55-45(50)36-20-10-32(7-5-2)11-21-36/h8-15,18-27,30H,4-7,16-17,28-29H2,1-3H3. The highest BCUT2D eigenvalue weighted by atomic mass is 16.6. The molecule has 5 aromatic rings. The van der Waals surface area contributed by atoms with Crippen LogP contribution in [0.1, 0.15) is 92.9 Å². The highest BCUT2D eigenvalue weighted by Gasteiger charge is 2.19. The normalized spacial score (nSPS) is 10.6. The summed E-state index contributed by atoms with van der Waals surface area (Å²) in [5, 5.41) is 0. The minimum atomic E-state index is -0.776. The molecule has 5 rings (SSSR count). The minimum absolute atomic E-state index is 0.00306. The van der Waals surface area contributed by atoms with Gasteiger partial charge in [-0.2, -0.15) is 0 Å². The van der Waals surface area contributed by atoms with Crippen molar-refractivity contribution in [3.05, 3.63) is 154 Å². The van der Waals surface area contributed by atoms with Crippen molar-refractivity contribution in [3.63, 3.8) is 0 Å². The molecule has 56 heavy (non-hydrogen) atoms. The number of rotatable bonds is 17. The molecule has 0 amide bonds. The van der Waals surface area contributed by atoms with Crippen LogP contribution in [0.25, 0.3) is 0 Å². The monoisotopic (exact) mass is 756 g/mol. The Labute approximate surface area is 326 Å². The van der Waals surface area contributed by atoms with Crippen molar-refractivity contribution in [2.45, 2.75) is 65.2 Å². The number of benzene rings is 5. The van der Waals surface area contributed by atoms with Crippen LogP contribution in [0.15, 0.2) is 115 Å². The lowest BCUT2D eigenvalue weighted by Gasteiger charge is -2.11. The summed E-state index contributed by atoms with van der Waals surface area (Å²) in [6, 6.07) is 32.4. The summed E-state index contributed by atoms with van der Waals surface area (Å²) in [6.45, 7) is 4.20. The van der Waals surface area contributed by atoms with E-state index in [-0.39, 0.29) is 29.9 Å². The van der Waals surface area contributed by atoms with E-state index in [0.717, 1.165) is 47.9 Å². The molecule has 5 aromatic carbocycles. The van der Waals surface area contributed by atoms with Gasteiger partial charge in [0, 0.05) is 12.8 Å². The van der Waals surface area contributed by atoms with Crippen LogP contribution in [-0.4, -0.2) is 37.0 Å². The first-order valence-electron chi connectivity index (χ1n) is 18.6. The van der Waals surface area contributed by atoms with E-state index in [0.29, 0.717) is 35.5 Å². The smallest absolute Gasteiger partial charge is 0.343 e. The largest absolute Gasteiger partial charge is 0.465 e. The molecule has 0 unspecified atom stereocenters. The maximum absolute atomic E-state index is 12.8. The van der Waals surface area contributed by atoms with Gasteiger partial charge in [0.15, 0.2) is 0 Å². The molecule has 10 nitrogen and oxygen atoms in total. The summed E-state index contributed by atoms with van der Waals surface area (Å²) < 4.78 is 26.8. The lowest BCUT2D eigenvalue weighted by atomic mass is 10.1. The Morgan fingerprint density at radius 3 is 1.25 bits per heavy atom. The first kappa shape index (κ1) is 40.6. The zero-order valence-electron chi connectivity index (χ0n) is 31.7. The van der Waals surface area contributed by atoms with Gasteiger partial charge in [-0.25, -0.2) is 14.4 Å². The first-order valence-corrected chi connectivity index (χ1v) is 18.6. The van der Waals surface area contributed by atoms with E-state index < -0.39 is 29.8 Å². The summed E-state index contributed by atoms with van der Waals surface area (Å²) in [7, 11) is 1.19. The number of hydrogen-bond acceptors (Lipinski definition) is 10. The van der Waals surface area contributed by atoms with Crippen molar-refractivity contribution < 1.29 is 47.7 Å². The highest BCUT2D eigenvalue weighted by Crippen LogP contribution is 2.27. The molecular weight excluding hydrogens is 712 g/mol. The van der Waals surface area contributed by atoms with E-state index in [1.54, 1.807) is 72.8 Å². The third kappa shape index (κ3) is 12.0. The average molecular weight is 757 g/mol. The molecule has 0 N–H and O–H groups in total. The van der Waals surface area contributed by atoms with Gasteiger partial charge < -0.3 is 23.7 Å². The third-order valence-corrected chi connectivity index (χ3v) is 8.77. The number of ether oxygens (including phenoxy) is 5. The van der Waals surface area contributed by atoms with Crippen LogP contribution in [0.5, 0.6) is 23.0 Å². The second kappa shape index (κ2) is 20.2. The molecule has 0 aliphatic rings. The van der Waals surface area contributed by atoms with Crippen molar-refractivity contribution in [2.75, 3.05) is 7.11 Å². The van der Waals surface area contributed by atoms with E-state index in [4.69, 9.17) is 23.7 Å². The maximum Gasteiger partial charge on any atom is 0.343 e. The van der Waals surface area contributed by atoms with Crippen LogP contribution in [0.3, 0.4) is 0 Å². The fourth-order valence-corrected chi connectivity index (χ4v) is 5.75. The Morgan fingerprint density at radius 2 is 0.821 bits per heavy atom. The summed E-state index contributed by atoms with van der Waals surface area (Å²) in [4.78, 5) is 63.1. The number of aryl methyl sites for hydroxylation is 4. The number of hydrogen-bond donors (Lipinski definition) is 0. The second-order valence-electron chi connectivity index (χ2n) is 13.1. The summed E-state index contributed by atoms with van der Waals surface area (Å²) >= 11 is 0. The first-order chi connectivity index (χ1) is 27.1. The Kier molecular flexibility index (Phi) is 14.7. The van der Waals surface area contributed by atoms with Crippen molar-refractivity contribution in [1.82, 2.24) is 0 Å². The van der Waals surface area contributed by atoms with Crippen molar-refractivity contribution in [3.8, 4) is 23.0 Å². The van der Waals surface area contributed by atoms with E-state index in [9.17, 15) is 24.0 Å².